The van der Waals surface area contributed by atoms with Crippen molar-refractivity contribution in [3.05, 3.63) is 35.9 Å². The monoisotopic (exact) mass is 290 g/mol. The number of nitrogens with zero attached hydrogens (tertiary/aromatic N) is 1. The highest BCUT2D eigenvalue weighted by Crippen LogP contribution is 2.25. The molecule has 1 aromatic rings. The first-order valence-corrected chi connectivity index (χ1v) is 8.48. The summed E-state index contributed by atoms with van der Waals surface area (Å²) in [5.74, 6) is 0. The molecule has 21 heavy (non-hydrogen) atoms. The van der Waals surface area contributed by atoms with E-state index in [4.69, 9.17) is 0 Å². The number of rotatable bonds is 10. The smallest absolute Gasteiger partial charge is 0.0233 e. The maximum absolute atomic E-state index is 3.64. The molecule has 2 nitrogen and oxygen atoms in total. The second kappa shape index (κ2) is 9.22. The Morgan fingerprint density at radius 3 is 2.33 bits per heavy atom. The summed E-state index contributed by atoms with van der Waals surface area (Å²) in [5.41, 5.74) is 1.76. The van der Waals surface area contributed by atoms with Crippen LogP contribution in [0.4, 0.5) is 0 Å². The average molecular weight is 290 g/mol. The van der Waals surface area contributed by atoms with E-state index in [2.05, 4.69) is 75.2 Å². The van der Waals surface area contributed by atoms with Crippen LogP contribution in [0.25, 0.3) is 0 Å². The number of hydrogen-bond acceptors (Lipinski definition) is 2. The third-order valence-corrected chi connectivity index (χ3v) is 4.09. The zero-order chi connectivity index (χ0) is 15.7. The maximum Gasteiger partial charge on any atom is 0.0233 e. The molecule has 0 aromatic heterocycles. The fourth-order valence-corrected chi connectivity index (χ4v) is 2.94. The van der Waals surface area contributed by atoms with Gasteiger partial charge in [0.1, 0.15) is 0 Å². The SMILES string of the molecule is CCCC(C)(CNC(C)C)CN(CC)Cc1ccccc1. The van der Waals surface area contributed by atoms with Gasteiger partial charge in [0.15, 0.2) is 0 Å². The first-order valence-electron chi connectivity index (χ1n) is 8.48. The molecular weight excluding hydrogens is 256 g/mol. The summed E-state index contributed by atoms with van der Waals surface area (Å²) in [6.07, 6.45) is 2.52. The zero-order valence-electron chi connectivity index (χ0n) is 14.7. The van der Waals surface area contributed by atoms with Crippen molar-refractivity contribution in [2.24, 2.45) is 5.41 Å². The van der Waals surface area contributed by atoms with Gasteiger partial charge in [-0.3, -0.25) is 4.90 Å². The van der Waals surface area contributed by atoms with Crippen LogP contribution in [0.15, 0.2) is 30.3 Å². The van der Waals surface area contributed by atoms with E-state index >= 15 is 0 Å². The second-order valence-electron chi connectivity index (χ2n) is 6.89. The topological polar surface area (TPSA) is 15.3 Å². The van der Waals surface area contributed by atoms with Crippen LogP contribution in [-0.2, 0) is 6.54 Å². The summed E-state index contributed by atoms with van der Waals surface area (Å²) in [4.78, 5) is 2.58. The van der Waals surface area contributed by atoms with Crippen LogP contribution in [-0.4, -0.2) is 30.6 Å². The Bertz CT molecular complexity index is 374. The number of benzene rings is 1. The molecule has 1 N–H and O–H groups in total. The molecule has 0 aliphatic rings. The van der Waals surface area contributed by atoms with Crippen LogP contribution in [0.3, 0.4) is 0 Å². The van der Waals surface area contributed by atoms with Gasteiger partial charge in [-0.05, 0) is 23.9 Å². The Labute approximate surface area is 131 Å². The Hall–Kier alpha value is -0.860. The highest BCUT2D eigenvalue weighted by Gasteiger charge is 2.26. The van der Waals surface area contributed by atoms with Crippen molar-refractivity contribution in [3.63, 3.8) is 0 Å². The number of nitrogens with one attached hydrogen (secondary N) is 1. The van der Waals surface area contributed by atoms with E-state index in [0.717, 1.165) is 26.2 Å². The summed E-state index contributed by atoms with van der Waals surface area (Å²) in [6, 6.07) is 11.4. The predicted octanol–water partition coefficient (Wildman–Crippen LogP) is 4.31. The van der Waals surface area contributed by atoms with E-state index in [-0.39, 0.29) is 0 Å². The van der Waals surface area contributed by atoms with Gasteiger partial charge in [0, 0.05) is 25.7 Å². The quantitative estimate of drug-likeness (QED) is 0.690. The lowest BCUT2D eigenvalue weighted by Gasteiger charge is -2.36. The van der Waals surface area contributed by atoms with Crippen LogP contribution < -0.4 is 5.32 Å². The van der Waals surface area contributed by atoms with Crippen LogP contribution in [0.2, 0.25) is 0 Å². The van der Waals surface area contributed by atoms with Crippen LogP contribution >= 0.6 is 0 Å². The molecule has 120 valence electrons. The molecule has 1 aromatic carbocycles. The fourth-order valence-electron chi connectivity index (χ4n) is 2.94. The predicted molar refractivity (Wildman–Crippen MR) is 93.5 cm³/mol. The lowest BCUT2D eigenvalue weighted by Crippen LogP contribution is -2.43. The van der Waals surface area contributed by atoms with Gasteiger partial charge in [0.25, 0.3) is 0 Å². The molecule has 0 spiro atoms. The van der Waals surface area contributed by atoms with Gasteiger partial charge < -0.3 is 5.32 Å². The van der Waals surface area contributed by atoms with Crippen LogP contribution in [0, 0.1) is 5.41 Å². The molecule has 0 saturated carbocycles. The van der Waals surface area contributed by atoms with Gasteiger partial charge in [-0.1, -0.05) is 71.4 Å². The molecule has 0 bridgehead atoms. The van der Waals surface area contributed by atoms with Gasteiger partial charge in [-0.15, -0.1) is 0 Å². The average Bonchev–Trinajstić information content (AvgIpc) is 2.46. The first-order chi connectivity index (χ1) is 9.99. The van der Waals surface area contributed by atoms with Gasteiger partial charge in [0.2, 0.25) is 0 Å². The Kier molecular flexibility index (Phi) is 7.98. The van der Waals surface area contributed by atoms with Gasteiger partial charge in [0.05, 0.1) is 0 Å². The van der Waals surface area contributed by atoms with E-state index in [9.17, 15) is 0 Å². The zero-order valence-corrected chi connectivity index (χ0v) is 14.7. The highest BCUT2D eigenvalue weighted by atomic mass is 15.1. The molecule has 0 amide bonds. The summed E-state index contributed by atoms with van der Waals surface area (Å²) < 4.78 is 0. The van der Waals surface area contributed by atoms with Crippen molar-refractivity contribution in [1.29, 1.82) is 0 Å². The number of hydrogen-bond donors (Lipinski definition) is 1. The Morgan fingerprint density at radius 2 is 1.81 bits per heavy atom. The molecular formula is C19H34N2. The van der Waals surface area contributed by atoms with E-state index < -0.39 is 0 Å². The summed E-state index contributed by atoms with van der Waals surface area (Å²) in [5, 5.41) is 3.64. The molecule has 2 heteroatoms. The van der Waals surface area contributed by atoms with E-state index in [0.29, 0.717) is 11.5 Å². The summed E-state index contributed by atoms with van der Waals surface area (Å²) in [6.45, 7) is 15.9. The van der Waals surface area contributed by atoms with Crippen molar-refractivity contribution in [2.75, 3.05) is 19.6 Å². The maximum atomic E-state index is 3.64. The third kappa shape index (κ3) is 7.10. The van der Waals surface area contributed by atoms with Gasteiger partial charge in [-0.2, -0.15) is 0 Å². The van der Waals surface area contributed by atoms with Gasteiger partial charge >= 0.3 is 0 Å². The van der Waals surface area contributed by atoms with Crippen molar-refractivity contribution in [3.8, 4) is 0 Å². The third-order valence-electron chi connectivity index (χ3n) is 4.09. The van der Waals surface area contributed by atoms with Crippen molar-refractivity contribution >= 4 is 0 Å². The molecule has 0 fully saturated rings. The minimum atomic E-state index is 0.351. The molecule has 1 rings (SSSR count). The fraction of sp³-hybridized carbons (Fsp3) is 0.684. The largest absolute Gasteiger partial charge is 0.314 e. The standard InChI is InChI=1S/C19H34N2/c1-6-13-19(5,15-20-17(3)4)16-21(7-2)14-18-11-9-8-10-12-18/h8-12,17,20H,6-7,13-16H2,1-5H3. The molecule has 1 unspecified atom stereocenters. The van der Waals surface area contributed by atoms with E-state index in [1.165, 1.54) is 18.4 Å². The van der Waals surface area contributed by atoms with Crippen molar-refractivity contribution in [2.45, 2.75) is 60.0 Å². The normalized spacial score (nSPS) is 14.6. The molecule has 0 heterocycles. The minimum absolute atomic E-state index is 0.351. The molecule has 0 radical (unpaired) electrons. The van der Waals surface area contributed by atoms with Crippen molar-refractivity contribution in [1.82, 2.24) is 10.2 Å². The van der Waals surface area contributed by atoms with E-state index in [1.54, 1.807) is 0 Å². The molecule has 0 saturated heterocycles. The second-order valence-corrected chi connectivity index (χ2v) is 6.89. The van der Waals surface area contributed by atoms with E-state index in [1.807, 2.05) is 0 Å². The molecule has 0 aliphatic heterocycles. The Balaban J connectivity index is 2.65. The highest BCUT2D eigenvalue weighted by molar-refractivity contribution is 5.14. The molecule has 0 aliphatic carbocycles. The van der Waals surface area contributed by atoms with Gasteiger partial charge in [-0.25, -0.2) is 0 Å². The van der Waals surface area contributed by atoms with Crippen LogP contribution in [0.5, 0.6) is 0 Å². The van der Waals surface area contributed by atoms with Crippen molar-refractivity contribution < 1.29 is 0 Å². The Morgan fingerprint density at radius 1 is 1.14 bits per heavy atom. The summed E-state index contributed by atoms with van der Waals surface area (Å²) in [7, 11) is 0. The van der Waals surface area contributed by atoms with Crippen LogP contribution in [0.1, 0.15) is 53.0 Å². The molecule has 1 atom stereocenters. The lowest BCUT2D eigenvalue weighted by molar-refractivity contribution is 0.146. The minimum Gasteiger partial charge on any atom is -0.314 e. The lowest BCUT2D eigenvalue weighted by atomic mass is 9.84. The summed E-state index contributed by atoms with van der Waals surface area (Å²) >= 11 is 0. The first kappa shape index (κ1) is 18.2.